The van der Waals surface area contributed by atoms with Crippen molar-refractivity contribution in [2.24, 2.45) is 0 Å². The molecule has 0 saturated carbocycles. The van der Waals surface area contributed by atoms with Crippen LogP contribution >= 0.6 is 8.19 Å². The third-order valence-corrected chi connectivity index (χ3v) is 1.58. The van der Waals surface area contributed by atoms with Gasteiger partial charge in [-0.25, -0.2) is 14.3 Å². The zero-order chi connectivity index (χ0) is 4.41. The maximum Gasteiger partial charge on any atom is 0 e. The fourth-order valence-corrected chi connectivity index (χ4v) is 0.965. The van der Waals surface area contributed by atoms with E-state index in [2.05, 4.69) is 24.9 Å². The summed E-state index contributed by atoms with van der Waals surface area (Å²) in [6.45, 7) is 2.13. The first-order valence-corrected chi connectivity index (χ1v) is 2.90. The maximum atomic E-state index is 2.13. The maximum absolute atomic E-state index is 2.13. The molecule has 0 unspecified atom stereocenters. The molecule has 0 N–H and O–H groups in total. The largest absolute Gasteiger partial charge is 1.00 e. The molecule has 0 bridgehead atoms. The molecule has 0 atom stereocenters. The second-order valence-corrected chi connectivity index (χ2v) is 2.54. The van der Waals surface area contributed by atoms with E-state index in [1.807, 2.05) is 0 Å². The van der Waals surface area contributed by atoms with E-state index in [9.17, 15) is 0 Å². The van der Waals surface area contributed by atoms with E-state index < -0.39 is 0 Å². The van der Waals surface area contributed by atoms with Gasteiger partial charge in [-0.05, 0) is 0 Å². The third kappa shape index (κ3) is 2.46. The molecule has 0 saturated heterocycles. The van der Waals surface area contributed by atoms with Gasteiger partial charge in [-0.1, -0.05) is 6.92 Å². The van der Waals surface area contributed by atoms with Gasteiger partial charge < -0.3 is 1.43 Å². The quantitative estimate of drug-likeness (QED) is 0.489. The molecule has 1 rings (SSSR count). The van der Waals surface area contributed by atoms with Crippen LogP contribution in [-0.2, 0) is 25.8 Å². The zero-order valence-corrected chi connectivity index (χ0v) is 6.95. The molecule has 7 heavy (non-hydrogen) atoms. The van der Waals surface area contributed by atoms with Crippen LogP contribution < -0.4 is 0 Å². The van der Waals surface area contributed by atoms with E-state index in [1.165, 1.54) is 13.5 Å². The Hall–Kier alpha value is 0.650. The van der Waals surface area contributed by atoms with Gasteiger partial charge >= 0.3 is 0 Å². The van der Waals surface area contributed by atoms with Crippen molar-refractivity contribution in [1.29, 1.82) is 0 Å². The summed E-state index contributed by atoms with van der Waals surface area (Å²) in [5.41, 5.74) is 0. The van der Waals surface area contributed by atoms with Gasteiger partial charge in [0.15, 0.2) is 0 Å². The first-order valence-electron chi connectivity index (χ1n) is 1.94. The summed E-state index contributed by atoms with van der Waals surface area (Å²) in [6, 6.07) is 4.21. The van der Waals surface area contributed by atoms with Crippen LogP contribution in [0.1, 0.15) is 6.72 Å². The molecule has 1 aromatic rings. The Morgan fingerprint density at radius 2 is 2.43 bits per heavy atom. The summed E-state index contributed by atoms with van der Waals surface area (Å²) in [7, 11) is 1.37. The van der Waals surface area contributed by atoms with Crippen LogP contribution in [0.25, 0.3) is 0 Å². The van der Waals surface area contributed by atoms with Gasteiger partial charge in [-0.2, -0.15) is 11.9 Å². The Morgan fingerprint density at radius 1 is 1.71 bits per heavy atom. The van der Waals surface area contributed by atoms with E-state index >= 15 is 0 Å². The topological polar surface area (TPSA) is 0 Å². The van der Waals surface area contributed by atoms with Crippen molar-refractivity contribution < 1.29 is 27.3 Å². The van der Waals surface area contributed by atoms with E-state index in [0.717, 1.165) is 0 Å². The molecule has 0 fully saturated rings. The first kappa shape index (κ1) is 7.65. The molecule has 0 aliphatic rings. The number of hydrogen-bond acceptors (Lipinski definition) is 0. The van der Waals surface area contributed by atoms with Gasteiger partial charge in [0.2, 0.25) is 0 Å². The molecule has 0 aromatic carbocycles. The van der Waals surface area contributed by atoms with Crippen LogP contribution in [0.3, 0.4) is 0 Å². The summed E-state index contributed by atoms with van der Waals surface area (Å²) in [6.07, 6.45) is 0. The van der Waals surface area contributed by atoms with Gasteiger partial charge in [0.25, 0.3) is 0 Å². The predicted octanol–water partition coefficient (Wildman–Crippen LogP) is 2.40. The Bertz CT molecular complexity index is 116. The van der Waals surface area contributed by atoms with Crippen molar-refractivity contribution in [3.05, 3.63) is 23.2 Å². The van der Waals surface area contributed by atoms with Crippen molar-refractivity contribution in [3.8, 4) is 0 Å². The van der Waals surface area contributed by atoms with Crippen LogP contribution in [0.5, 0.6) is 0 Å². The van der Waals surface area contributed by atoms with Crippen molar-refractivity contribution in [2.75, 3.05) is 0 Å². The SMILES string of the molecule is C[c-]1cccp1.[H-].[Sc]. The van der Waals surface area contributed by atoms with Crippen LogP contribution in [0.4, 0.5) is 0 Å². The summed E-state index contributed by atoms with van der Waals surface area (Å²) in [5.74, 6) is 2.13. The van der Waals surface area contributed by atoms with E-state index in [-0.39, 0.29) is 27.3 Å². The smallest absolute Gasteiger partial charge is 0 e. The van der Waals surface area contributed by atoms with Crippen LogP contribution in [0.15, 0.2) is 17.9 Å². The Morgan fingerprint density at radius 3 is 2.57 bits per heavy atom. The fraction of sp³-hybridized carbons (Fsp3) is 0.200. The summed E-state index contributed by atoms with van der Waals surface area (Å²) >= 11 is 0. The molecule has 0 aliphatic carbocycles. The molecule has 0 aliphatic heterocycles. The van der Waals surface area contributed by atoms with Gasteiger partial charge in [-0.15, -0.1) is 5.30 Å². The molecule has 1 aromatic heterocycles. The number of aryl methyl sites for hydroxylation is 1. The van der Waals surface area contributed by atoms with E-state index in [0.29, 0.717) is 0 Å². The molecule has 2 heteroatoms. The standard InChI is InChI=1S/C5H6P.Sc.H/c1-5-3-2-4-6-5;;/h2-4H,1H3;;/q-1;;-1. The molecular formula is C5H7PSc-2. The second kappa shape index (κ2) is 3.63. The van der Waals surface area contributed by atoms with E-state index in [1.54, 1.807) is 0 Å². The minimum Gasteiger partial charge on any atom is -1.00 e. The molecule has 0 amide bonds. The minimum absolute atomic E-state index is 0. The Kier molecular flexibility index (Phi) is 3.96. The Labute approximate surface area is 65.7 Å². The monoisotopic (exact) mass is 143 g/mol. The predicted molar refractivity (Wildman–Crippen MR) is 30.4 cm³/mol. The van der Waals surface area contributed by atoms with Crippen LogP contribution in [0.2, 0.25) is 0 Å². The first-order chi connectivity index (χ1) is 2.89. The Balaban J connectivity index is 0. The average Bonchev–Trinajstić information content (AvgIpc) is 1.86. The van der Waals surface area contributed by atoms with Gasteiger partial charge in [-0.3, -0.25) is 0 Å². The normalized spacial score (nSPS) is 8.71. The van der Waals surface area contributed by atoms with Crippen molar-refractivity contribution >= 4 is 8.19 Å². The van der Waals surface area contributed by atoms with Crippen LogP contribution in [-0.4, -0.2) is 0 Å². The van der Waals surface area contributed by atoms with Gasteiger partial charge in [0, 0.05) is 25.8 Å². The zero-order valence-electron chi connectivity index (χ0n) is 5.26. The number of hydrogen-bond donors (Lipinski definition) is 0. The molecule has 37 valence electrons. The van der Waals surface area contributed by atoms with Gasteiger partial charge in [0.1, 0.15) is 0 Å². The molecule has 1 heterocycles. The molecule has 0 nitrogen and oxygen atoms in total. The number of rotatable bonds is 0. The fourth-order valence-electron chi connectivity index (χ4n) is 0.386. The second-order valence-electron chi connectivity index (χ2n) is 1.28. The summed E-state index contributed by atoms with van der Waals surface area (Å²) in [5, 5.41) is 1.44. The van der Waals surface area contributed by atoms with Crippen molar-refractivity contribution in [2.45, 2.75) is 6.92 Å². The van der Waals surface area contributed by atoms with Crippen LogP contribution in [0, 0.1) is 6.92 Å². The summed E-state index contributed by atoms with van der Waals surface area (Å²) in [4.78, 5) is 0. The van der Waals surface area contributed by atoms with Crippen molar-refractivity contribution in [1.82, 2.24) is 0 Å². The third-order valence-electron chi connectivity index (χ3n) is 0.702. The van der Waals surface area contributed by atoms with E-state index in [4.69, 9.17) is 0 Å². The molecule has 0 spiro atoms. The molecule has 1 radical (unpaired) electrons. The van der Waals surface area contributed by atoms with Crippen molar-refractivity contribution in [3.63, 3.8) is 0 Å². The minimum atomic E-state index is 0. The van der Waals surface area contributed by atoms with Gasteiger partial charge in [0.05, 0.1) is 0 Å². The average molecular weight is 143 g/mol. The molecular weight excluding hydrogens is 136 g/mol. The summed E-state index contributed by atoms with van der Waals surface area (Å²) < 4.78 is 0.